The monoisotopic (exact) mass is 291 g/mol. The molecule has 20 heavy (non-hydrogen) atoms. The van der Waals surface area contributed by atoms with Gasteiger partial charge >= 0.3 is 0 Å². The van der Waals surface area contributed by atoms with Gasteiger partial charge in [0.25, 0.3) is 10.1 Å². The highest BCUT2D eigenvalue weighted by molar-refractivity contribution is 7.86. The molecule has 0 saturated heterocycles. The number of hydrogen-bond donors (Lipinski definition) is 2. The minimum Gasteiger partial charge on any atom is -0.330 e. The van der Waals surface area contributed by atoms with Crippen LogP contribution in [0.4, 0.5) is 0 Å². The van der Waals surface area contributed by atoms with Crippen molar-refractivity contribution in [1.29, 1.82) is 0 Å². The van der Waals surface area contributed by atoms with Crippen molar-refractivity contribution in [1.82, 2.24) is 0 Å². The van der Waals surface area contributed by atoms with Crippen LogP contribution in [0.5, 0.6) is 0 Å². The first-order valence-corrected chi connectivity index (χ1v) is 7.73. The molecule has 0 aliphatic carbocycles. The second-order valence-corrected chi connectivity index (χ2v) is 6.10. The number of hydrogen-bond acceptors (Lipinski definition) is 3. The molecule has 106 valence electrons. The standard InChI is InChI=1S/C15H17NO3S/c1-11-5-6-15(20(17,18)19)14(9-11)13-4-2-3-12(10-13)7-8-16/h2-6,9-10H,7-8,16H2,1H3,(H,17,18,19). The van der Waals surface area contributed by atoms with E-state index in [0.717, 1.165) is 23.1 Å². The number of rotatable bonds is 4. The lowest BCUT2D eigenvalue weighted by Crippen LogP contribution is -2.03. The van der Waals surface area contributed by atoms with E-state index in [4.69, 9.17) is 5.73 Å². The Labute approximate surface area is 119 Å². The van der Waals surface area contributed by atoms with Crippen LogP contribution in [0.1, 0.15) is 11.1 Å². The molecule has 0 atom stereocenters. The van der Waals surface area contributed by atoms with E-state index in [1.165, 1.54) is 6.07 Å². The molecular formula is C15H17NO3S. The predicted molar refractivity (Wildman–Crippen MR) is 79.2 cm³/mol. The van der Waals surface area contributed by atoms with Crippen LogP contribution in [0, 0.1) is 6.92 Å². The van der Waals surface area contributed by atoms with Crippen LogP contribution in [-0.2, 0) is 16.5 Å². The molecule has 4 nitrogen and oxygen atoms in total. The van der Waals surface area contributed by atoms with Gasteiger partial charge in [-0.05, 0) is 37.1 Å². The van der Waals surface area contributed by atoms with Crippen LogP contribution in [0.2, 0.25) is 0 Å². The molecule has 2 aromatic carbocycles. The van der Waals surface area contributed by atoms with Crippen molar-refractivity contribution in [2.45, 2.75) is 18.2 Å². The van der Waals surface area contributed by atoms with Crippen molar-refractivity contribution in [2.75, 3.05) is 6.54 Å². The topological polar surface area (TPSA) is 80.4 Å². The Morgan fingerprint density at radius 3 is 2.55 bits per heavy atom. The molecule has 2 rings (SSSR count). The fraction of sp³-hybridized carbons (Fsp3) is 0.200. The average Bonchev–Trinajstić information content (AvgIpc) is 2.38. The summed E-state index contributed by atoms with van der Waals surface area (Å²) in [4.78, 5) is -0.0759. The van der Waals surface area contributed by atoms with E-state index in [1.807, 2.05) is 31.2 Å². The fourth-order valence-corrected chi connectivity index (χ4v) is 2.85. The zero-order valence-electron chi connectivity index (χ0n) is 11.2. The van der Waals surface area contributed by atoms with E-state index in [9.17, 15) is 13.0 Å². The smallest absolute Gasteiger partial charge is 0.295 e. The van der Waals surface area contributed by atoms with Crippen LogP contribution >= 0.6 is 0 Å². The van der Waals surface area contributed by atoms with Crippen LogP contribution in [0.25, 0.3) is 11.1 Å². The molecule has 0 aromatic heterocycles. The first kappa shape index (κ1) is 14.7. The van der Waals surface area contributed by atoms with Gasteiger partial charge in [-0.15, -0.1) is 0 Å². The summed E-state index contributed by atoms with van der Waals surface area (Å²) in [6.07, 6.45) is 0.723. The third-order valence-electron chi connectivity index (χ3n) is 3.08. The summed E-state index contributed by atoms with van der Waals surface area (Å²) in [6, 6.07) is 12.4. The highest BCUT2D eigenvalue weighted by atomic mass is 32.2. The van der Waals surface area contributed by atoms with Crippen molar-refractivity contribution in [3.05, 3.63) is 53.6 Å². The van der Waals surface area contributed by atoms with Gasteiger partial charge in [-0.2, -0.15) is 8.42 Å². The lowest BCUT2D eigenvalue weighted by atomic mass is 10.0. The molecule has 0 saturated carbocycles. The summed E-state index contributed by atoms with van der Waals surface area (Å²) >= 11 is 0. The molecule has 0 radical (unpaired) electrons. The minimum atomic E-state index is -4.25. The maximum absolute atomic E-state index is 11.5. The van der Waals surface area contributed by atoms with Gasteiger partial charge in [0.15, 0.2) is 0 Å². The second-order valence-electron chi connectivity index (χ2n) is 4.71. The van der Waals surface area contributed by atoms with Gasteiger partial charge in [-0.25, -0.2) is 0 Å². The quantitative estimate of drug-likeness (QED) is 0.848. The summed E-state index contributed by atoms with van der Waals surface area (Å²) in [6.45, 7) is 2.41. The zero-order valence-corrected chi connectivity index (χ0v) is 12.0. The van der Waals surface area contributed by atoms with Crippen LogP contribution in [-0.4, -0.2) is 19.5 Å². The Morgan fingerprint density at radius 2 is 1.90 bits per heavy atom. The Morgan fingerprint density at radius 1 is 1.15 bits per heavy atom. The molecule has 3 N–H and O–H groups in total. The van der Waals surface area contributed by atoms with Gasteiger partial charge < -0.3 is 5.73 Å². The maximum Gasteiger partial charge on any atom is 0.295 e. The van der Waals surface area contributed by atoms with Crippen molar-refractivity contribution in [3.8, 4) is 11.1 Å². The Bertz CT molecular complexity index is 724. The second kappa shape index (κ2) is 5.75. The van der Waals surface area contributed by atoms with E-state index in [2.05, 4.69) is 0 Å². The summed E-state index contributed by atoms with van der Waals surface area (Å²) in [7, 11) is -4.25. The lowest BCUT2D eigenvalue weighted by molar-refractivity contribution is 0.483. The third kappa shape index (κ3) is 3.25. The summed E-state index contributed by atoms with van der Waals surface area (Å²) < 4.78 is 32.3. The average molecular weight is 291 g/mol. The Hall–Kier alpha value is -1.69. The molecule has 0 bridgehead atoms. The Kier molecular flexibility index (Phi) is 4.23. The fourth-order valence-electron chi connectivity index (χ4n) is 2.16. The highest BCUT2D eigenvalue weighted by Crippen LogP contribution is 2.29. The normalized spacial score (nSPS) is 11.6. The van der Waals surface area contributed by atoms with Gasteiger partial charge in [0.05, 0.1) is 0 Å². The van der Waals surface area contributed by atoms with E-state index in [0.29, 0.717) is 12.1 Å². The molecular weight excluding hydrogens is 274 g/mol. The molecule has 0 amide bonds. The van der Waals surface area contributed by atoms with Gasteiger partial charge in [-0.3, -0.25) is 4.55 Å². The SMILES string of the molecule is Cc1ccc(S(=O)(=O)O)c(-c2cccc(CCN)c2)c1. The van der Waals surface area contributed by atoms with Crippen LogP contribution < -0.4 is 5.73 Å². The van der Waals surface area contributed by atoms with Gasteiger partial charge in [0.1, 0.15) is 4.90 Å². The van der Waals surface area contributed by atoms with E-state index in [-0.39, 0.29) is 4.90 Å². The number of nitrogens with two attached hydrogens (primary N) is 1. The molecule has 0 aliphatic rings. The predicted octanol–water partition coefficient (Wildman–Crippen LogP) is 2.41. The van der Waals surface area contributed by atoms with Gasteiger partial charge in [0, 0.05) is 5.56 Å². The highest BCUT2D eigenvalue weighted by Gasteiger charge is 2.16. The molecule has 0 fully saturated rings. The summed E-state index contributed by atoms with van der Waals surface area (Å²) in [5, 5.41) is 0. The maximum atomic E-state index is 11.5. The Balaban J connectivity index is 2.62. The van der Waals surface area contributed by atoms with Crippen molar-refractivity contribution >= 4 is 10.1 Å². The molecule has 0 spiro atoms. The van der Waals surface area contributed by atoms with Gasteiger partial charge in [-0.1, -0.05) is 42.0 Å². The third-order valence-corrected chi connectivity index (χ3v) is 4.00. The first-order valence-electron chi connectivity index (χ1n) is 6.29. The van der Waals surface area contributed by atoms with E-state index >= 15 is 0 Å². The first-order chi connectivity index (χ1) is 9.41. The minimum absolute atomic E-state index is 0.0759. The van der Waals surface area contributed by atoms with E-state index in [1.54, 1.807) is 12.1 Å². The lowest BCUT2D eigenvalue weighted by Gasteiger charge is -2.10. The van der Waals surface area contributed by atoms with E-state index < -0.39 is 10.1 Å². The van der Waals surface area contributed by atoms with Crippen molar-refractivity contribution < 1.29 is 13.0 Å². The number of benzene rings is 2. The largest absolute Gasteiger partial charge is 0.330 e. The molecule has 5 heteroatoms. The number of aryl methyl sites for hydroxylation is 1. The van der Waals surface area contributed by atoms with Crippen molar-refractivity contribution in [2.24, 2.45) is 5.73 Å². The molecule has 0 aliphatic heterocycles. The molecule has 0 unspecified atom stereocenters. The molecule has 2 aromatic rings. The van der Waals surface area contributed by atoms with Crippen molar-refractivity contribution in [3.63, 3.8) is 0 Å². The summed E-state index contributed by atoms with van der Waals surface area (Å²) in [5.41, 5.74) is 8.76. The summed E-state index contributed by atoms with van der Waals surface area (Å²) in [5.74, 6) is 0. The van der Waals surface area contributed by atoms with Crippen LogP contribution in [0.15, 0.2) is 47.4 Å². The zero-order chi connectivity index (χ0) is 14.8. The molecule has 0 heterocycles. The van der Waals surface area contributed by atoms with Crippen LogP contribution in [0.3, 0.4) is 0 Å². The van der Waals surface area contributed by atoms with Gasteiger partial charge in [0.2, 0.25) is 0 Å².